The molecule has 0 saturated heterocycles. The highest BCUT2D eigenvalue weighted by Gasteiger charge is 2.19. The van der Waals surface area contributed by atoms with Crippen molar-refractivity contribution in [2.45, 2.75) is 18.9 Å². The van der Waals surface area contributed by atoms with Gasteiger partial charge in [0.1, 0.15) is 5.82 Å². The Balaban J connectivity index is 2.56. The molecule has 1 heterocycles. The van der Waals surface area contributed by atoms with Crippen molar-refractivity contribution in [2.75, 3.05) is 39.7 Å². The molecule has 0 fully saturated rings. The zero-order valence-corrected chi connectivity index (χ0v) is 12.5. The van der Waals surface area contributed by atoms with Gasteiger partial charge in [0, 0.05) is 47.0 Å². The minimum atomic E-state index is -0.865. The molecule has 0 aliphatic carbocycles. The fraction of sp³-hybridized carbons (Fsp3) is 0.571. The van der Waals surface area contributed by atoms with E-state index >= 15 is 0 Å². The monoisotopic (exact) mass is 281 g/mol. The quantitative estimate of drug-likeness (QED) is 0.779. The van der Waals surface area contributed by atoms with E-state index in [4.69, 9.17) is 4.74 Å². The summed E-state index contributed by atoms with van der Waals surface area (Å²) in [4.78, 5) is 17.4. The molecular formula is C14H23N3O3. The van der Waals surface area contributed by atoms with E-state index in [2.05, 4.69) is 10.3 Å². The summed E-state index contributed by atoms with van der Waals surface area (Å²) < 4.78 is 4.95. The molecule has 1 aromatic heterocycles. The SMILES string of the molecule is COCCC(C)(O)CNc1ccc(C(=O)N(C)C)cn1. The Bertz CT molecular complexity index is 430. The van der Waals surface area contributed by atoms with Crippen LogP contribution in [0, 0.1) is 0 Å². The van der Waals surface area contributed by atoms with Crippen LogP contribution >= 0.6 is 0 Å². The molecule has 1 atom stereocenters. The van der Waals surface area contributed by atoms with Crippen LogP contribution in [0.2, 0.25) is 0 Å². The van der Waals surface area contributed by atoms with E-state index < -0.39 is 5.60 Å². The Morgan fingerprint density at radius 1 is 1.50 bits per heavy atom. The number of nitrogens with one attached hydrogen (secondary N) is 1. The summed E-state index contributed by atoms with van der Waals surface area (Å²) in [7, 11) is 4.99. The van der Waals surface area contributed by atoms with Crippen molar-refractivity contribution >= 4 is 11.7 Å². The molecule has 1 rings (SSSR count). The van der Waals surface area contributed by atoms with Crippen molar-refractivity contribution in [3.05, 3.63) is 23.9 Å². The third-order valence-electron chi connectivity index (χ3n) is 2.91. The lowest BCUT2D eigenvalue weighted by Gasteiger charge is -2.23. The summed E-state index contributed by atoms with van der Waals surface area (Å²) in [6.07, 6.45) is 2.06. The highest BCUT2D eigenvalue weighted by molar-refractivity contribution is 5.93. The van der Waals surface area contributed by atoms with Gasteiger partial charge in [0.05, 0.1) is 11.2 Å². The first-order chi connectivity index (χ1) is 9.35. The van der Waals surface area contributed by atoms with Gasteiger partial charge in [-0.1, -0.05) is 0 Å². The van der Waals surface area contributed by atoms with Crippen LogP contribution in [0.5, 0.6) is 0 Å². The second-order valence-corrected chi connectivity index (χ2v) is 5.22. The Kier molecular flexibility index (Phi) is 5.91. The number of hydrogen-bond acceptors (Lipinski definition) is 5. The van der Waals surface area contributed by atoms with Crippen molar-refractivity contribution in [1.82, 2.24) is 9.88 Å². The van der Waals surface area contributed by atoms with Crippen LogP contribution in [0.4, 0.5) is 5.82 Å². The van der Waals surface area contributed by atoms with Gasteiger partial charge in [-0.15, -0.1) is 0 Å². The summed E-state index contributed by atoms with van der Waals surface area (Å²) in [6.45, 7) is 2.60. The molecule has 2 N–H and O–H groups in total. The van der Waals surface area contributed by atoms with Gasteiger partial charge < -0.3 is 20.1 Å². The highest BCUT2D eigenvalue weighted by atomic mass is 16.5. The zero-order valence-electron chi connectivity index (χ0n) is 12.5. The summed E-state index contributed by atoms with van der Waals surface area (Å²) in [5.74, 6) is 0.536. The molecule has 1 amide bonds. The Morgan fingerprint density at radius 2 is 2.20 bits per heavy atom. The summed E-state index contributed by atoms with van der Waals surface area (Å²) >= 11 is 0. The number of anilines is 1. The number of aliphatic hydroxyl groups is 1. The summed E-state index contributed by atoms with van der Waals surface area (Å²) in [5, 5.41) is 13.1. The second kappa shape index (κ2) is 7.21. The maximum Gasteiger partial charge on any atom is 0.254 e. The molecule has 0 spiro atoms. The van der Waals surface area contributed by atoms with Gasteiger partial charge in [0.25, 0.3) is 5.91 Å². The van der Waals surface area contributed by atoms with E-state index in [0.717, 1.165) is 0 Å². The number of hydrogen-bond donors (Lipinski definition) is 2. The average Bonchev–Trinajstić information content (AvgIpc) is 2.43. The summed E-state index contributed by atoms with van der Waals surface area (Å²) in [5.41, 5.74) is -0.331. The molecule has 6 nitrogen and oxygen atoms in total. The van der Waals surface area contributed by atoms with Crippen LogP contribution in [0.1, 0.15) is 23.7 Å². The molecule has 1 aromatic rings. The van der Waals surface area contributed by atoms with Crippen molar-refractivity contribution in [2.24, 2.45) is 0 Å². The first-order valence-corrected chi connectivity index (χ1v) is 6.48. The van der Waals surface area contributed by atoms with Crippen LogP contribution in [-0.4, -0.2) is 60.9 Å². The van der Waals surface area contributed by atoms with E-state index in [9.17, 15) is 9.90 Å². The van der Waals surface area contributed by atoms with Gasteiger partial charge >= 0.3 is 0 Å². The lowest BCUT2D eigenvalue weighted by atomic mass is 10.0. The normalized spacial score (nSPS) is 13.7. The molecular weight excluding hydrogens is 258 g/mol. The van der Waals surface area contributed by atoms with Crippen molar-refractivity contribution in [1.29, 1.82) is 0 Å². The van der Waals surface area contributed by atoms with Gasteiger partial charge in [-0.2, -0.15) is 0 Å². The number of rotatable bonds is 7. The number of nitrogens with zero attached hydrogens (tertiary/aromatic N) is 2. The lowest BCUT2D eigenvalue weighted by molar-refractivity contribution is 0.0357. The van der Waals surface area contributed by atoms with Crippen LogP contribution < -0.4 is 5.32 Å². The number of aromatic nitrogens is 1. The first kappa shape index (κ1) is 16.4. The molecule has 20 heavy (non-hydrogen) atoms. The molecule has 0 radical (unpaired) electrons. The predicted molar refractivity (Wildman–Crippen MR) is 77.9 cm³/mol. The number of pyridine rings is 1. The van der Waals surface area contributed by atoms with Crippen LogP contribution in [-0.2, 0) is 4.74 Å². The minimum Gasteiger partial charge on any atom is -0.388 e. The molecule has 0 saturated carbocycles. The average molecular weight is 281 g/mol. The van der Waals surface area contributed by atoms with Crippen molar-refractivity contribution in [3.63, 3.8) is 0 Å². The summed E-state index contributed by atoms with van der Waals surface area (Å²) in [6, 6.07) is 3.44. The van der Waals surface area contributed by atoms with Crippen LogP contribution in [0.25, 0.3) is 0 Å². The van der Waals surface area contributed by atoms with E-state index in [1.165, 1.54) is 11.1 Å². The number of methoxy groups -OCH3 is 1. The van der Waals surface area contributed by atoms with Crippen LogP contribution in [0.15, 0.2) is 18.3 Å². The van der Waals surface area contributed by atoms with E-state index in [-0.39, 0.29) is 5.91 Å². The molecule has 0 bridgehead atoms. The van der Waals surface area contributed by atoms with Gasteiger partial charge in [-0.25, -0.2) is 4.98 Å². The first-order valence-electron chi connectivity index (χ1n) is 6.48. The molecule has 1 unspecified atom stereocenters. The molecule has 0 aliphatic heterocycles. The number of carbonyl (C=O) groups excluding carboxylic acids is 1. The fourth-order valence-electron chi connectivity index (χ4n) is 1.57. The maximum absolute atomic E-state index is 11.7. The molecule has 0 aliphatic rings. The minimum absolute atomic E-state index is 0.0869. The van der Waals surface area contributed by atoms with E-state index in [1.807, 2.05) is 0 Å². The van der Waals surface area contributed by atoms with Crippen molar-refractivity contribution in [3.8, 4) is 0 Å². The zero-order chi connectivity index (χ0) is 15.2. The van der Waals surface area contributed by atoms with Crippen molar-refractivity contribution < 1.29 is 14.6 Å². The number of carbonyl (C=O) groups is 1. The maximum atomic E-state index is 11.7. The smallest absolute Gasteiger partial charge is 0.254 e. The number of ether oxygens (including phenoxy) is 1. The largest absolute Gasteiger partial charge is 0.388 e. The molecule has 0 aromatic carbocycles. The lowest BCUT2D eigenvalue weighted by Crippen LogP contribution is -2.34. The number of amides is 1. The van der Waals surface area contributed by atoms with Gasteiger partial charge in [-0.3, -0.25) is 4.79 Å². The Hall–Kier alpha value is -1.66. The van der Waals surface area contributed by atoms with E-state index in [1.54, 1.807) is 40.3 Å². The third-order valence-corrected chi connectivity index (χ3v) is 2.91. The molecule has 112 valence electrons. The highest BCUT2D eigenvalue weighted by Crippen LogP contribution is 2.12. The topological polar surface area (TPSA) is 74.7 Å². The second-order valence-electron chi connectivity index (χ2n) is 5.22. The van der Waals surface area contributed by atoms with Gasteiger partial charge in [-0.05, 0) is 19.1 Å². The molecule has 6 heteroatoms. The Labute approximate surface area is 119 Å². The van der Waals surface area contributed by atoms with E-state index in [0.29, 0.717) is 31.0 Å². The predicted octanol–water partition coefficient (Wildman–Crippen LogP) is 0.983. The van der Waals surface area contributed by atoms with Gasteiger partial charge in [0.2, 0.25) is 0 Å². The van der Waals surface area contributed by atoms with Gasteiger partial charge in [0.15, 0.2) is 0 Å². The standard InChI is InChI=1S/C14H23N3O3/c1-14(19,7-8-20-4)10-16-12-6-5-11(9-15-12)13(18)17(2)3/h5-6,9,19H,7-8,10H2,1-4H3,(H,15,16). The fourth-order valence-corrected chi connectivity index (χ4v) is 1.57. The van der Waals surface area contributed by atoms with Crippen LogP contribution in [0.3, 0.4) is 0 Å². The third kappa shape index (κ3) is 5.14. The Morgan fingerprint density at radius 3 is 2.70 bits per heavy atom.